The molecule has 37 heavy (non-hydrogen) atoms. The van der Waals surface area contributed by atoms with E-state index in [1.54, 1.807) is 24.3 Å². The van der Waals surface area contributed by atoms with Crippen molar-refractivity contribution in [2.75, 3.05) is 6.61 Å². The van der Waals surface area contributed by atoms with Crippen LogP contribution < -0.4 is 14.9 Å². The molecule has 1 amide bonds. The van der Waals surface area contributed by atoms with Gasteiger partial charge in [-0.25, -0.2) is 5.43 Å². The highest BCUT2D eigenvalue weighted by molar-refractivity contribution is 6.30. The molecule has 0 unspecified atom stereocenters. The first-order valence-electron chi connectivity index (χ1n) is 11.5. The molecule has 0 saturated carbocycles. The fourth-order valence-corrected chi connectivity index (χ4v) is 3.62. The normalized spacial score (nSPS) is 11.4. The highest BCUT2D eigenvalue weighted by Gasteiger charge is 2.30. The first-order chi connectivity index (χ1) is 17.7. The summed E-state index contributed by atoms with van der Waals surface area (Å²) in [5, 5.41) is 4.60. The van der Waals surface area contributed by atoms with Crippen LogP contribution in [0.2, 0.25) is 5.02 Å². The molecule has 0 atom stereocenters. The maximum absolute atomic E-state index is 12.9. The Hall–Kier alpha value is -3.78. The lowest BCUT2D eigenvalue weighted by atomic mass is 10.1. The second-order valence-corrected chi connectivity index (χ2v) is 8.45. The highest BCUT2D eigenvalue weighted by atomic mass is 35.5. The molecule has 0 spiro atoms. The van der Waals surface area contributed by atoms with Crippen molar-refractivity contribution < 1.29 is 27.4 Å². The van der Waals surface area contributed by atoms with Crippen LogP contribution in [-0.4, -0.2) is 18.7 Å². The molecule has 5 nitrogen and oxygen atoms in total. The van der Waals surface area contributed by atoms with E-state index in [0.29, 0.717) is 41.7 Å². The lowest BCUT2D eigenvalue weighted by molar-refractivity contribution is -0.137. The Labute approximate surface area is 218 Å². The first kappa shape index (κ1) is 27.8. The van der Waals surface area contributed by atoms with E-state index in [-0.39, 0.29) is 12.0 Å². The molecule has 9 heteroatoms. The number of rotatable bonds is 11. The molecule has 0 fully saturated rings. The second kappa shape index (κ2) is 13.0. The number of carbonyl (C=O) groups excluding carboxylic acids is 1. The van der Waals surface area contributed by atoms with E-state index in [2.05, 4.69) is 17.1 Å². The van der Waals surface area contributed by atoms with Gasteiger partial charge in [0.05, 0.1) is 24.8 Å². The molecule has 0 aromatic heterocycles. The minimum Gasteiger partial charge on any atom is -0.490 e. The minimum atomic E-state index is -4.48. The maximum Gasteiger partial charge on any atom is 0.416 e. The van der Waals surface area contributed by atoms with Crippen molar-refractivity contribution >= 4 is 23.7 Å². The third-order valence-electron chi connectivity index (χ3n) is 5.14. The SMILES string of the molecule is C=CCc1cc(/C=N/NC(=O)Cc2cccc(C(F)(F)F)c2)cc(OCC)c1OCc1ccc(Cl)cc1. The fourth-order valence-electron chi connectivity index (χ4n) is 3.49. The number of carbonyl (C=O) groups is 1. The number of halogens is 4. The fraction of sp³-hybridized carbons (Fsp3) is 0.214. The van der Waals surface area contributed by atoms with E-state index in [0.717, 1.165) is 23.3 Å². The van der Waals surface area contributed by atoms with Crippen molar-refractivity contribution in [3.05, 3.63) is 106 Å². The van der Waals surface area contributed by atoms with Crippen LogP contribution >= 0.6 is 11.6 Å². The van der Waals surface area contributed by atoms with Gasteiger partial charge in [-0.15, -0.1) is 6.58 Å². The molecule has 1 N–H and O–H groups in total. The molecule has 0 bridgehead atoms. The van der Waals surface area contributed by atoms with Crippen molar-refractivity contribution in [3.63, 3.8) is 0 Å². The van der Waals surface area contributed by atoms with Gasteiger partial charge in [-0.1, -0.05) is 48.0 Å². The van der Waals surface area contributed by atoms with Crippen LogP contribution in [0.5, 0.6) is 11.5 Å². The molecule has 3 aromatic rings. The van der Waals surface area contributed by atoms with Crippen molar-refractivity contribution in [2.45, 2.75) is 32.5 Å². The Morgan fingerprint density at radius 2 is 1.84 bits per heavy atom. The average molecular weight is 531 g/mol. The molecule has 0 saturated heterocycles. The van der Waals surface area contributed by atoms with Crippen LogP contribution in [0.4, 0.5) is 13.2 Å². The zero-order valence-electron chi connectivity index (χ0n) is 20.1. The van der Waals surface area contributed by atoms with Crippen LogP contribution in [0.1, 0.15) is 34.7 Å². The van der Waals surface area contributed by atoms with Gasteiger partial charge in [-0.2, -0.15) is 18.3 Å². The minimum absolute atomic E-state index is 0.233. The van der Waals surface area contributed by atoms with Crippen LogP contribution in [0, 0.1) is 0 Å². The largest absolute Gasteiger partial charge is 0.490 e. The van der Waals surface area contributed by atoms with Crippen molar-refractivity contribution in [3.8, 4) is 11.5 Å². The van der Waals surface area contributed by atoms with Gasteiger partial charge >= 0.3 is 6.18 Å². The lowest BCUT2D eigenvalue weighted by Gasteiger charge is -2.17. The van der Waals surface area contributed by atoms with Crippen molar-refractivity contribution in [1.82, 2.24) is 5.43 Å². The van der Waals surface area contributed by atoms with Gasteiger partial charge in [0.25, 0.3) is 0 Å². The Balaban J connectivity index is 1.73. The van der Waals surface area contributed by atoms with Gasteiger partial charge < -0.3 is 9.47 Å². The average Bonchev–Trinajstić information content (AvgIpc) is 2.84. The summed E-state index contributed by atoms with van der Waals surface area (Å²) in [7, 11) is 0. The summed E-state index contributed by atoms with van der Waals surface area (Å²) in [5.74, 6) is 0.532. The van der Waals surface area contributed by atoms with E-state index in [1.165, 1.54) is 18.3 Å². The standard InChI is InChI=1S/C28H26ClF3N2O3/c1-3-6-22-13-21(15-25(36-4-2)27(22)37-18-19-9-11-24(29)12-10-19)17-33-34-26(35)16-20-7-5-8-23(14-20)28(30,31)32/h3,5,7-15,17H,1,4,6,16,18H2,2H3,(H,34,35)/b33-17+. The van der Waals surface area contributed by atoms with E-state index in [1.807, 2.05) is 25.1 Å². The van der Waals surface area contributed by atoms with Crippen molar-refractivity contribution in [2.24, 2.45) is 5.10 Å². The van der Waals surface area contributed by atoms with Crippen LogP contribution in [-0.2, 0) is 30.4 Å². The number of alkyl halides is 3. The van der Waals surface area contributed by atoms with E-state index in [9.17, 15) is 18.0 Å². The van der Waals surface area contributed by atoms with Gasteiger partial charge in [0.1, 0.15) is 6.61 Å². The Morgan fingerprint density at radius 3 is 2.51 bits per heavy atom. The number of hydrogen-bond donors (Lipinski definition) is 1. The summed E-state index contributed by atoms with van der Waals surface area (Å²) >= 11 is 5.95. The van der Waals surface area contributed by atoms with Crippen molar-refractivity contribution in [1.29, 1.82) is 0 Å². The van der Waals surface area contributed by atoms with Crippen LogP contribution in [0.15, 0.2) is 78.4 Å². The van der Waals surface area contributed by atoms with Crippen LogP contribution in [0.25, 0.3) is 0 Å². The highest BCUT2D eigenvalue weighted by Crippen LogP contribution is 2.34. The van der Waals surface area contributed by atoms with Gasteiger partial charge in [0.15, 0.2) is 11.5 Å². The molecule has 194 valence electrons. The number of ether oxygens (including phenoxy) is 2. The van der Waals surface area contributed by atoms with E-state index in [4.69, 9.17) is 21.1 Å². The zero-order valence-corrected chi connectivity index (χ0v) is 20.9. The molecule has 0 aliphatic carbocycles. The lowest BCUT2D eigenvalue weighted by Crippen LogP contribution is -2.20. The summed E-state index contributed by atoms with van der Waals surface area (Å²) < 4.78 is 50.6. The smallest absolute Gasteiger partial charge is 0.416 e. The summed E-state index contributed by atoms with van der Waals surface area (Å²) in [4.78, 5) is 12.2. The number of benzene rings is 3. The monoisotopic (exact) mass is 530 g/mol. The predicted octanol–water partition coefficient (Wildman–Crippen LogP) is 6.76. The van der Waals surface area contributed by atoms with Gasteiger partial charge in [-0.3, -0.25) is 4.79 Å². The van der Waals surface area contributed by atoms with Gasteiger partial charge in [0, 0.05) is 10.6 Å². The predicted molar refractivity (Wildman–Crippen MR) is 138 cm³/mol. The molecule has 3 rings (SSSR count). The Kier molecular flexibility index (Phi) is 9.74. The summed E-state index contributed by atoms with van der Waals surface area (Å²) in [5.41, 5.74) is 4.16. The zero-order chi connectivity index (χ0) is 26.8. The number of amides is 1. The number of nitrogens with one attached hydrogen (secondary N) is 1. The number of allylic oxidation sites excluding steroid dienone is 1. The first-order valence-corrected chi connectivity index (χ1v) is 11.8. The van der Waals surface area contributed by atoms with E-state index >= 15 is 0 Å². The summed E-state index contributed by atoms with van der Waals surface area (Å²) in [6, 6.07) is 15.5. The number of nitrogens with zero attached hydrogens (tertiary/aromatic N) is 1. The molecule has 0 heterocycles. The molecule has 0 radical (unpaired) electrons. The van der Waals surface area contributed by atoms with Crippen LogP contribution in [0.3, 0.4) is 0 Å². The second-order valence-electron chi connectivity index (χ2n) is 8.02. The van der Waals surface area contributed by atoms with Gasteiger partial charge in [0.2, 0.25) is 5.91 Å². The third-order valence-corrected chi connectivity index (χ3v) is 5.39. The maximum atomic E-state index is 12.9. The van der Waals surface area contributed by atoms with Gasteiger partial charge in [-0.05, 0) is 60.4 Å². The Morgan fingerprint density at radius 1 is 1.08 bits per heavy atom. The number of hydrogen-bond acceptors (Lipinski definition) is 4. The quantitative estimate of drug-likeness (QED) is 0.169. The third kappa shape index (κ3) is 8.39. The molecular weight excluding hydrogens is 505 g/mol. The van der Waals surface area contributed by atoms with E-state index < -0.39 is 17.6 Å². The molecule has 0 aliphatic heterocycles. The molecule has 3 aromatic carbocycles. The molecule has 0 aliphatic rings. The summed E-state index contributed by atoms with van der Waals surface area (Å²) in [6.07, 6.45) is -1.05. The Bertz CT molecular complexity index is 1260. The topological polar surface area (TPSA) is 59.9 Å². The molecular formula is C28H26ClF3N2O3. The number of hydrazone groups is 1. The summed E-state index contributed by atoms with van der Waals surface area (Å²) in [6.45, 7) is 6.36.